The largest absolute Gasteiger partial charge is 0.484 e. The first-order chi connectivity index (χ1) is 10.3. The molecule has 2 atom stereocenters. The lowest BCUT2D eigenvalue weighted by Gasteiger charge is -2.34. The van der Waals surface area contributed by atoms with Crippen LogP contribution >= 0.6 is 23.2 Å². The van der Waals surface area contributed by atoms with Crippen LogP contribution in [-0.2, 0) is 9.59 Å². The van der Waals surface area contributed by atoms with Gasteiger partial charge in [-0.3, -0.25) is 9.59 Å². The van der Waals surface area contributed by atoms with Crippen LogP contribution in [0.4, 0.5) is 0 Å². The fraction of sp³-hybridized carbons (Fsp3) is 0.467. The Hall–Kier alpha value is -1.46. The zero-order valence-corrected chi connectivity index (χ0v) is 13.6. The molecule has 7 heteroatoms. The molecule has 120 valence electrons. The van der Waals surface area contributed by atoms with Gasteiger partial charge in [-0.15, -0.1) is 0 Å². The predicted molar refractivity (Wildman–Crippen MR) is 83.4 cm³/mol. The summed E-state index contributed by atoms with van der Waals surface area (Å²) >= 11 is 11.7. The molecule has 5 nitrogen and oxygen atoms in total. The Balaban J connectivity index is 1.95. The van der Waals surface area contributed by atoms with Gasteiger partial charge < -0.3 is 14.7 Å². The number of carbonyl (C=O) groups excluding carboxylic acids is 1. The number of ether oxygens (including phenoxy) is 1. The van der Waals surface area contributed by atoms with Crippen LogP contribution in [0.15, 0.2) is 18.2 Å². The van der Waals surface area contributed by atoms with Gasteiger partial charge in [0.05, 0.1) is 5.92 Å². The van der Waals surface area contributed by atoms with Crippen LogP contribution in [0.1, 0.15) is 13.3 Å². The number of hydrogen-bond donors (Lipinski definition) is 1. The number of amides is 1. The van der Waals surface area contributed by atoms with E-state index in [4.69, 9.17) is 33.0 Å². The number of benzene rings is 1. The molecule has 0 spiro atoms. The third-order valence-electron chi connectivity index (χ3n) is 3.56. The molecule has 1 aliphatic heterocycles. The number of carboxylic acids is 1. The van der Waals surface area contributed by atoms with E-state index in [0.717, 1.165) is 0 Å². The molecule has 1 N–H and O–H groups in total. The number of nitrogens with zero attached hydrogens (tertiary/aromatic N) is 1. The molecule has 0 saturated carbocycles. The van der Waals surface area contributed by atoms with Crippen molar-refractivity contribution in [2.24, 2.45) is 11.8 Å². The first-order valence-corrected chi connectivity index (χ1v) is 7.70. The highest BCUT2D eigenvalue weighted by molar-refractivity contribution is 6.34. The predicted octanol–water partition coefficient (Wildman–Crippen LogP) is 2.94. The van der Waals surface area contributed by atoms with E-state index < -0.39 is 11.9 Å². The summed E-state index contributed by atoms with van der Waals surface area (Å²) in [6.45, 7) is 2.53. The van der Waals surface area contributed by atoms with Gasteiger partial charge in [-0.05, 0) is 30.5 Å². The zero-order chi connectivity index (χ0) is 16.3. The van der Waals surface area contributed by atoms with Crippen molar-refractivity contribution in [3.63, 3.8) is 0 Å². The first-order valence-electron chi connectivity index (χ1n) is 6.94. The summed E-state index contributed by atoms with van der Waals surface area (Å²) in [4.78, 5) is 24.9. The molecule has 2 unspecified atom stereocenters. The second-order valence-corrected chi connectivity index (χ2v) is 6.44. The smallest absolute Gasteiger partial charge is 0.308 e. The molecular formula is C15H17Cl2NO4. The Kier molecular flexibility index (Phi) is 5.53. The molecule has 1 aromatic carbocycles. The highest BCUT2D eigenvalue weighted by Crippen LogP contribution is 2.25. The van der Waals surface area contributed by atoms with Gasteiger partial charge in [-0.2, -0.15) is 0 Å². The number of likely N-dealkylation sites (tertiary alicyclic amines) is 1. The molecule has 1 saturated heterocycles. The number of piperidine rings is 1. The van der Waals surface area contributed by atoms with Crippen molar-refractivity contribution in [1.82, 2.24) is 4.90 Å². The first kappa shape index (κ1) is 16.9. The van der Waals surface area contributed by atoms with Gasteiger partial charge in [0.2, 0.25) is 0 Å². The summed E-state index contributed by atoms with van der Waals surface area (Å²) in [7, 11) is 0. The van der Waals surface area contributed by atoms with Gasteiger partial charge in [0.15, 0.2) is 6.61 Å². The van der Waals surface area contributed by atoms with E-state index in [-0.39, 0.29) is 25.0 Å². The van der Waals surface area contributed by atoms with Gasteiger partial charge in [0.1, 0.15) is 5.75 Å². The van der Waals surface area contributed by atoms with Crippen molar-refractivity contribution in [3.05, 3.63) is 28.2 Å². The Morgan fingerprint density at radius 3 is 2.50 bits per heavy atom. The average molecular weight is 346 g/mol. The van der Waals surface area contributed by atoms with E-state index >= 15 is 0 Å². The van der Waals surface area contributed by atoms with Crippen LogP contribution in [0.2, 0.25) is 10.0 Å². The van der Waals surface area contributed by atoms with Crippen molar-refractivity contribution in [3.8, 4) is 5.75 Å². The molecule has 1 aliphatic rings. The molecule has 0 aromatic heterocycles. The average Bonchev–Trinajstić information content (AvgIpc) is 2.43. The second-order valence-electron chi connectivity index (χ2n) is 5.57. The lowest BCUT2D eigenvalue weighted by atomic mass is 9.90. The van der Waals surface area contributed by atoms with Gasteiger partial charge in [-0.1, -0.05) is 30.1 Å². The van der Waals surface area contributed by atoms with Gasteiger partial charge in [0.25, 0.3) is 5.91 Å². The quantitative estimate of drug-likeness (QED) is 0.910. The number of carboxylic acid groups (broad SMARTS) is 1. The topological polar surface area (TPSA) is 66.8 Å². The van der Waals surface area contributed by atoms with Crippen LogP contribution in [0.5, 0.6) is 5.75 Å². The summed E-state index contributed by atoms with van der Waals surface area (Å²) in [5, 5.41) is 9.97. The zero-order valence-electron chi connectivity index (χ0n) is 12.1. The number of halogens is 2. The highest BCUT2D eigenvalue weighted by atomic mass is 35.5. The van der Waals surface area contributed by atoms with Crippen molar-refractivity contribution in [2.75, 3.05) is 19.7 Å². The monoisotopic (exact) mass is 345 g/mol. The molecule has 0 bridgehead atoms. The summed E-state index contributed by atoms with van der Waals surface area (Å²) in [6, 6.07) is 4.71. The van der Waals surface area contributed by atoms with Gasteiger partial charge >= 0.3 is 5.97 Å². The Morgan fingerprint density at radius 2 is 1.91 bits per heavy atom. The fourth-order valence-corrected chi connectivity index (χ4v) is 3.09. The molecule has 0 radical (unpaired) electrons. The fourth-order valence-electron chi connectivity index (χ4n) is 2.58. The number of rotatable bonds is 4. The third kappa shape index (κ3) is 4.52. The number of hydrogen-bond acceptors (Lipinski definition) is 3. The number of aliphatic carboxylic acids is 1. The molecule has 1 aromatic rings. The number of carbonyl (C=O) groups is 2. The highest BCUT2D eigenvalue weighted by Gasteiger charge is 2.31. The Labute approximate surface area is 138 Å². The van der Waals surface area contributed by atoms with Crippen LogP contribution < -0.4 is 4.74 Å². The van der Waals surface area contributed by atoms with Gasteiger partial charge in [-0.25, -0.2) is 0 Å². The molecule has 1 amide bonds. The summed E-state index contributed by atoms with van der Waals surface area (Å²) < 4.78 is 5.41. The molecule has 2 rings (SSSR count). The Morgan fingerprint density at radius 1 is 1.27 bits per heavy atom. The lowest BCUT2D eigenvalue weighted by Crippen LogP contribution is -2.47. The van der Waals surface area contributed by atoms with Crippen molar-refractivity contribution >= 4 is 35.1 Å². The van der Waals surface area contributed by atoms with Crippen LogP contribution in [0, 0.1) is 11.8 Å². The summed E-state index contributed by atoms with van der Waals surface area (Å²) in [5.74, 6) is -1.07. The molecule has 1 heterocycles. The van der Waals surface area contributed by atoms with E-state index in [1.165, 1.54) is 0 Å². The minimum absolute atomic E-state index is 0.152. The van der Waals surface area contributed by atoms with E-state index in [2.05, 4.69) is 0 Å². The van der Waals surface area contributed by atoms with E-state index in [1.807, 2.05) is 6.92 Å². The van der Waals surface area contributed by atoms with E-state index in [9.17, 15) is 9.59 Å². The lowest BCUT2D eigenvalue weighted by molar-refractivity contribution is -0.147. The maximum atomic E-state index is 12.2. The van der Waals surface area contributed by atoms with Crippen LogP contribution in [0.3, 0.4) is 0 Å². The third-order valence-corrected chi connectivity index (χ3v) is 4.00. The standard InChI is InChI=1S/C15H17Cl2NO4/c1-9-2-10(15(20)21)7-18(6-9)14(19)8-22-13-4-11(16)3-12(17)5-13/h3-5,9-10H,2,6-8H2,1H3,(H,20,21). The van der Waals surface area contributed by atoms with Crippen LogP contribution in [-0.4, -0.2) is 41.6 Å². The maximum absolute atomic E-state index is 12.2. The molecule has 0 aliphatic carbocycles. The Bertz CT molecular complexity index is 558. The molecular weight excluding hydrogens is 329 g/mol. The van der Waals surface area contributed by atoms with E-state index in [1.54, 1.807) is 23.1 Å². The molecule has 1 fully saturated rings. The normalized spacial score (nSPS) is 21.5. The van der Waals surface area contributed by atoms with Crippen molar-refractivity contribution in [1.29, 1.82) is 0 Å². The summed E-state index contributed by atoms with van der Waals surface area (Å²) in [5.41, 5.74) is 0. The summed E-state index contributed by atoms with van der Waals surface area (Å²) in [6.07, 6.45) is 0.587. The van der Waals surface area contributed by atoms with Crippen molar-refractivity contribution < 1.29 is 19.4 Å². The van der Waals surface area contributed by atoms with Crippen molar-refractivity contribution in [2.45, 2.75) is 13.3 Å². The maximum Gasteiger partial charge on any atom is 0.308 e. The SMILES string of the molecule is CC1CC(C(=O)O)CN(C(=O)COc2cc(Cl)cc(Cl)c2)C1. The second kappa shape index (κ2) is 7.20. The van der Waals surface area contributed by atoms with Gasteiger partial charge in [0, 0.05) is 23.1 Å². The molecule has 22 heavy (non-hydrogen) atoms. The minimum Gasteiger partial charge on any atom is -0.484 e. The van der Waals surface area contributed by atoms with E-state index in [0.29, 0.717) is 28.8 Å². The van der Waals surface area contributed by atoms with Crippen LogP contribution in [0.25, 0.3) is 0 Å². The minimum atomic E-state index is -0.869.